The molecule has 0 saturated carbocycles. The highest BCUT2D eigenvalue weighted by atomic mass is 35.5. The van der Waals surface area contributed by atoms with Crippen LogP contribution in [0, 0.1) is 11.3 Å². The Labute approximate surface area is 149 Å². The van der Waals surface area contributed by atoms with Gasteiger partial charge in [0.05, 0.1) is 6.61 Å². The SMILES string of the molecule is CN(C)C(=O)c1cccc(N2CC3CNCC3(CO)C2)n1.Cl.Cl. The monoisotopic (exact) mass is 362 g/mol. The first-order valence-corrected chi connectivity index (χ1v) is 7.31. The highest BCUT2D eigenvalue weighted by molar-refractivity contribution is 5.92. The third-order valence-corrected chi connectivity index (χ3v) is 4.68. The van der Waals surface area contributed by atoms with Crippen molar-refractivity contribution in [3.63, 3.8) is 0 Å². The van der Waals surface area contributed by atoms with E-state index in [4.69, 9.17) is 0 Å². The van der Waals surface area contributed by atoms with Crippen LogP contribution in [0.5, 0.6) is 0 Å². The molecular formula is C15H24Cl2N4O2. The number of carbonyl (C=O) groups is 1. The highest BCUT2D eigenvalue weighted by Crippen LogP contribution is 2.39. The molecule has 2 aliphatic heterocycles. The molecule has 130 valence electrons. The molecule has 0 radical (unpaired) electrons. The number of aliphatic hydroxyl groups is 1. The number of amides is 1. The van der Waals surface area contributed by atoms with E-state index in [1.54, 1.807) is 20.2 Å². The van der Waals surface area contributed by atoms with E-state index in [1.165, 1.54) is 4.90 Å². The van der Waals surface area contributed by atoms with Gasteiger partial charge in [0.1, 0.15) is 11.5 Å². The standard InChI is InChI=1S/C15H22N4O2.2ClH/c1-18(2)14(21)12-4-3-5-13(17-12)19-7-11-6-16-8-15(11,9-19)10-20;;/h3-5,11,16,20H,6-10H2,1-2H3;2*1H. The highest BCUT2D eigenvalue weighted by Gasteiger charge is 2.49. The number of hydrogen-bond donors (Lipinski definition) is 2. The minimum Gasteiger partial charge on any atom is -0.396 e. The molecule has 2 saturated heterocycles. The van der Waals surface area contributed by atoms with E-state index in [1.807, 2.05) is 12.1 Å². The van der Waals surface area contributed by atoms with Crippen molar-refractivity contribution in [2.45, 2.75) is 0 Å². The summed E-state index contributed by atoms with van der Waals surface area (Å²) in [7, 11) is 3.45. The lowest BCUT2D eigenvalue weighted by Gasteiger charge is -2.25. The van der Waals surface area contributed by atoms with E-state index < -0.39 is 0 Å². The first kappa shape index (κ1) is 20.0. The second-order valence-corrected chi connectivity index (χ2v) is 6.31. The smallest absolute Gasteiger partial charge is 0.272 e. The average molecular weight is 363 g/mol. The Kier molecular flexibility index (Phi) is 6.65. The second kappa shape index (κ2) is 7.66. The molecule has 2 aliphatic rings. The van der Waals surface area contributed by atoms with Gasteiger partial charge in [-0.05, 0) is 18.1 Å². The first-order chi connectivity index (χ1) is 10.1. The van der Waals surface area contributed by atoms with Crippen LogP contribution in [0.2, 0.25) is 0 Å². The molecule has 3 rings (SSSR count). The molecule has 23 heavy (non-hydrogen) atoms. The number of halogens is 2. The number of aliphatic hydroxyl groups excluding tert-OH is 1. The van der Waals surface area contributed by atoms with Crippen LogP contribution in [-0.2, 0) is 0 Å². The van der Waals surface area contributed by atoms with Crippen molar-refractivity contribution in [1.29, 1.82) is 0 Å². The molecule has 1 amide bonds. The number of hydrogen-bond acceptors (Lipinski definition) is 5. The number of aromatic nitrogens is 1. The molecule has 0 bridgehead atoms. The van der Waals surface area contributed by atoms with Crippen LogP contribution in [0.4, 0.5) is 5.82 Å². The van der Waals surface area contributed by atoms with Gasteiger partial charge < -0.3 is 20.2 Å². The van der Waals surface area contributed by atoms with Crippen LogP contribution in [0.15, 0.2) is 18.2 Å². The Balaban J connectivity index is 0.00000132. The summed E-state index contributed by atoms with van der Waals surface area (Å²) in [6, 6.07) is 5.55. The lowest BCUT2D eigenvalue weighted by atomic mass is 9.82. The lowest BCUT2D eigenvalue weighted by Crippen LogP contribution is -2.36. The minimum atomic E-state index is -0.0882. The zero-order valence-corrected chi connectivity index (χ0v) is 15.0. The van der Waals surface area contributed by atoms with Crippen molar-refractivity contribution >= 4 is 36.5 Å². The van der Waals surface area contributed by atoms with E-state index in [0.29, 0.717) is 11.6 Å². The molecule has 2 atom stereocenters. The summed E-state index contributed by atoms with van der Waals surface area (Å²) in [5.41, 5.74) is 0.397. The van der Waals surface area contributed by atoms with Crippen molar-refractivity contribution in [3.05, 3.63) is 23.9 Å². The molecular weight excluding hydrogens is 339 g/mol. The molecule has 0 aromatic carbocycles. The molecule has 2 fully saturated rings. The molecule has 2 N–H and O–H groups in total. The maximum Gasteiger partial charge on any atom is 0.272 e. The summed E-state index contributed by atoms with van der Waals surface area (Å²) in [6.45, 7) is 3.64. The lowest BCUT2D eigenvalue weighted by molar-refractivity contribution is 0.0822. The van der Waals surface area contributed by atoms with E-state index in [0.717, 1.165) is 32.0 Å². The molecule has 1 aromatic heterocycles. The third kappa shape index (κ3) is 3.55. The Morgan fingerprint density at radius 2 is 2.22 bits per heavy atom. The second-order valence-electron chi connectivity index (χ2n) is 6.31. The summed E-state index contributed by atoms with van der Waals surface area (Å²) < 4.78 is 0. The molecule has 0 aliphatic carbocycles. The number of rotatable bonds is 3. The Morgan fingerprint density at radius 1 is 1.48 bits per heavy atom. The van der Waals surface area contributed by atoms with Gasteiger partial charge in [0.2, 0.25) is 0 Å². The largest absolute Gasteiger partial charge is 0.396 e. The molecule has 2 unspecified atom stereocenters. The number of carbonyl (C=O) groups excluding carboxylic acids is 1. The number of fused-ring (bicyclic) bond motifs is 1. The fraction of sp³-hybridized carbons (Fsp3) is 0.600. The number of nitrogens with zero attached hydrogens (tertiary/aromatic N) is 3. The van der Waals surface area contributed by atoms with Crippen LogP contribution in [0.25, 0.3) is 0 Å². The Hall–Kier alpha value is -1.08. The zero-order valence-electron chi connectivity index (χ0n) is 13.4. The van der Waals surface area contributed by atoms with Crippen molar-refractivity contribution in [3.8, 4) is 0 Å². The fourth-order valence-corrected chi connectivity index (χ4v) is 3.37. The van der Waals surface area contributed by atoms with Crippen LogP contribution >= 0.6 is 24.8 Å². The Bertz CT molecular complexity index is 558. The van der Waals surface area contributed by atoms with Gasteiger partial charge in [-0.15, -0.1) is 24.8 Å². The number of nitrogens with one attached hydrogen (secondary N) is 1. The first-order valence-electron chi connectivity index (χ1n) is 7.31. The summed E-state index contributed by atoms with van der Waals surface area (Å²) in [5, 5.41) is 13.1. The van der Waals surface area contributed by atoms with E-state index in [2.05, 4.69) is 15.2 Å². The number of anilines is 1. The normalized spacial score (nSPS) is 25.3. The van der Waals surface area contributed by atoms with Gasteiger partial charge in [0, 0.05) is 45.7 Å². The van der Waals surface area contributed by atoms with Crippen LogP contribution in [0.1, 0.15) is 10.5 Å². The van der Waals surface area contributed by atoms with Crippen molar-refractivity contribution < 1.29 is 9.90 Å². The van der Waals surface area contributed by atoms with Gasteiger partial charge in [-0.25, -0.2) is 4.98 Å². The van der Waals surface area contributed by atoms with Gasteiger partial charge in [-0.1, -0.05) is 6.07 Å². The maximum atomic E-state index is 12.0. The van der Waals surface area contributed by atoms with Crippen LogP contribution in [-0.4, -0.2) is 67.8 Å². The fourth-order valence-electron chi connectivity index (χ4n) is 3.37. The average Bonchev–Trinajstić information content (AvgIpc) is 3.03. The quantitative estimate of drug-likeness (QED) is 0.825. The van der Waals surface area contributed by atoms with E-state index >= 15 is 0 Å². The minimum absolute atomic E-state index is 0. The topological polar surface area (TPSA) is 68.7 Å². The van der Waals surface area contributed by atoms with Gasteiger partial charge in [0.25, 0.3) is 5.91 Å². The zero-order chi connectivity index (χ0) is 15.0. The predicted octanol–water partition coefficient (Wildman–Crippen LogP) is 0.645. The predicted molar refractivity (Wildman–Crippen MR) is 94.8 cm³/mol. The molecule has 6 nitrogen and oxygen atoms in total. The van der Waals surface area contributed by atoms with Crippen LogP contribution in [0.3, 0.4) is 0 Å². The van der Waals surface area contributed by atoms with Gasteiger partial charge in [-0.2, -0.15) is 0 Å². The molecule has 8 heteroatoms. The van der Waals surface area contributed by atoms with E-state index in [-0.39, 0.29) is 42.7 Å². The van der Waals surface area contributed by atoms with Crippen molar-refractivity contribution in [2.75, 3.05) is 51.8 Å². The van der Waals surface area contributed by atoms with Gasteiger partial charge >= 0.3 is 0 Å². The van der Waals surface area contributed by atoms with Gasteiger partial charge in [-0.3, -0.25) is 4.79 Å². The van der Waals surface area contributed by atoms with Crippen LogP contribution < -0.4 is 10.2 Å². The molecule has 0 spiro atoms. The van der Waals surface area contributed by atoms with Crippen molar-refractivity contribution in [1.82, 2.24) is 15.2 Å². The molecule has 1 aromatic rings. The molecule has 3 heterocycles. The maximum absolute atomic E-state index is 12.0. The van der Waals surface area contributed by atoms with Gasteiger partial charge in [0.15, 0.2) is 0 Å². The van der Waals surface area contributed by atoms with E-state index in [9.17, 15) is 9.90 Å². The third-order valence-electron chi connectivity index (χ3n) is 4.68. The van der Waals surface area contributed by atoms with Crippen molar-refractivity contribution in [2.24, 2.45) is 11.3 Å². The Morgan fingerprint density at radius 3 is 2.83 bits per heavy atom. The summed E-state index contributed by atoms with van der Waals surface area (Å²) in [6.07, 6.45) is 0. The summed E-state index contributed by atoms with van der Waals surface area (Å²) >= 11 is 0. The number of pyridine rings is 1. The summed E-state index contributed by atoms with van der Waals surface area (Å²) in [4.78, 5) is 20.2. The summed E-state index contributed by atoms with van der Waals surface area (Å²) in [5.74, 6) is 1.18.